The second kappa shape index (κ2) is 11.7. The van der Waals surface area contributed by atoms with E-state index in [2.05, 4.69) is 31.9 Å². The van der Waals surface area contributed by atoms with Crippen molar-refractivity contribution >= 4 is 43.8 Å². The highest BCUT2D eigenvalue weighted by atomic mass is 79.9. The molecule has 0 aliphatic carbocycles. The molecule has 0 spiro atoms. The molecule has 0 aromatic heterocycles. The first-order chi connectivity index (χ1) is 9.02. The Balaban J connectivity index is 3.42. The van der Waals surface area contributed by atoms with E-state index in [1.807, 2.05) is 13.8 Å². The molecule has 0 rings (SSSR count). The van der Waals surface area contributed by atoms with Crippen molar-refractivity contribution in [2.75, 3.05) is 26.4 Å². The van der Waals surface area contributed by atoms with Gasteiger partial charge in [0.2, 0.25) is 0 Å². The smallest absolute Gasteiger partial charge is 0.319 e. The van der Waals surface area contributed by atoms with Gasteiger partial charge in [-0.25, -0.2) is 0 Å². The Morgan fingerprint density at radius 2 is 1.21 bits per heavy atom. The van der Waals surface area contributed by atoms with Crippen LogP contribution in [0.2, 0.25) is 0 Å². The Morgan fingerprint density at radius 3 is 1.53 bits per heavy atom. The van der Waals surface area contributed by atoms with Crippen molar-refractivity contribution in [3.8, 4) is 0 Å². The van der Waals surface area contributed by atoms with E-state index in [4.69, 9.17) is 14.2 Å². The van der Waals surface area contributed by atoms with Crippen LogP contribution < -0.4 is 0 Å². The average Bonchev–Trinajstić information content (AvgIpc) is 2.43. The molecule has 0 N–H and O–H groups in total. The standard InChI is InChI=1S/C12H20Br2O5/c1-3-9(13)11(15)18-7-5-17-6-8-19-12(16)10(14)4-2/h9-10H,3-8H2,1-2H3. The molecule has 0 fully saturated rings. The molecular weight excluding hydrogens is 384 g/mol. The normalized spacial score (nSPS) is 13.7. The molecule has 5 nitrogen and oxygen atoms in total. The van der Waals surface area contributed by atoms with Gasteiger partial charge < -0.3 is 14.2 Å². The van der Waals surface area contributed by atoms with Crippen LogP contribution in [0.3, 0.4) is 0 Å². The monoisotopic (exact) mass is 402 g/mol. The molecule has 0 amide bonds. The highest BCUT2D eigenvalue weighted by Gasteiger charge is 2.14. The minimum Gasteiger partial charge on any atom is -0.462 e. The van der Waals surface area contributed by atoms with Crippen LogP contribution in [-0.2, 0) is 23.8 Å². The quantitative estimate of drug-likeness (QED) is 0.318. The molecule has 0 aromatic rings. The molecule has 0 saturated carbocycles. The van der Waals surface area contributed by atoms with Crippen LogP contribution in [0.25, 0.3) is 0 Å². The lowest BCUT2D eigenvalue weighted by Crippen LogP contribution is -2.21. The van der Waals surface area contributed by atoms with Gasteiger partial charge in [-0.1, -0.05) is 45.7 Å². The zero-order valence-corrected chi connectivity index (χ0v) is 14.4. The lowest BCUT2D eigenvalue weighted by Gasteiger charge is -2.10. The summed E-state index contributed by atoms with van der Waals surface area (Å²) in [5, 5.41) is 0. The van der Waals surface area contributed by atoms with Crippen molar-refractivity contribution in [3.63, 3.8) is 0 Å². The Bertz CT molecular complexity index is 247. The second-order valence-electron chi connectivity index (χ2n) is 3.70. The summed E-state index contributed by atoms with van der Waals surface area (Å²) in [6.45, 7) is 4.75. The fourth-order valence-corrected chi connectivity index (χ4v) is 1.28. The molecule has 7 heteroatoms. The van der Waals surface area contributed by atoms with Gasteiger partial charge in [0, 0.05) is 0 Å². The fourth-order valence-electron chi connectivity index (χ4n) is 1.02. The van der Waals surface area contributed by atoms with E-state index >= 15 is 0 Å². The first-order valence-electron chi connectivity index (χ1n) is 6.22. The number of carbonyl (C=O) groups is 2. The molecule has 0 saturated heterocycles. The minimum atomic E-state index is -0.289. The van der Waals surface area contributed by atoms with Gasteiger partial charge in [-0.3, -0.25) is 9.59 Å². The molecule has 0 aliphatic heterocycles. The molecule has 112 valence electrons. The highest BCUT2D eigenvalue weighted by Crippen LogP contribution is 2.06. The SMILES string of the molecule is CCC(Br)C(=O)OCCOCCOC(=O)C(Br)CC. The van der Waals surface area contributed by atoms with Crippen LogP contribution in [-0.4, -0.2) is 48.0 Å². The number of rotatable bonds is 10. The van der Waals surface area contributed by atoms with E-state index in [1.165, 1.54) is 0 Å². The summed E-state index contributed by atoms with van der Waals surface area (Å²) in [6, 6.07) is 0. The fraction of sp³-hybridized carbons (Fsp3) is 0.833. The van der Waals surface area contributed by atoms with Gasteiger partial charge in [0.25, 0.3) is 0 Å². The summed E-state index contributed by atoms with van der Waals surface area (Å²) in [4.78, 5) is 22.0. The van der Waals surface area contributed by atoms with Crippen molar-refractivity contribution in [3.05, 3.63) is 0 Å². The number of ether oxygens (including phenoxy) is 3. The molecule has 2 atom stereocenters. The molecular formula is C12H20Br2O5. The van der Waals surface area contributed by atoms with E-state index in [-0.39, 0.29) is 48.0 Å². The summed E-state index contributed by atoms with van der Waals surface area (Å²) in [7, 11) is 0. The van der Waals surface area contributed by atoms with Crippen molar-refractivity contribution in [2.24, 2.45) is 0 Å². The first-order valence-corrected chi connectivity index (χ1v) is 8.05. The van der Waals surface area contributed by atoms with Crippen LogP contribution in [0.15, 0.2) is 0 Å². The van der Waals surface area contributed by atoms with Gasteiger partial charge in [0.15, 0.2) is 0 Å². The lowest BCUT2D eigenvalue weighted by molar-refractivity contribution is -0.145. The van der Waals surface area contributed by atoms with E-state index in [9.17, 15) is 9.59 Å². The van der Waals surface area contributed by atoms with Gasteiger partial charge in [0.1, 0.15) is 22.9 Å². The predicted octanol–water partition coefficient (Wildman–Crippen LogP) is 2.44. The summed E-state index contributed by atoms with van der Waals surface area (Å²) >= 11 is 6.39. The van der Waals surface area contributed by atoms with Crippen molar-refractivity contribution in [1.29, 1.82) is 0 Å². The molecule has 0 heterocycles. The maximum absolute atomic E-state index is 11.3. The molecule has 19 heavy (non-hydrogen) atoms. The molecule has 2 unspecified atom stereocenters. The summed E-state index contributed by atoms with van der Waals surface area (Å²) in [5.41, 5.74) is 0. The minimum absolute atomic E-state index is 0.199. The van der Waals surface area contributed by atoms with Gasteiger partial charge in [-0.2, -0.15) is 0 Å². The van der Waals surface area contributed by atoms with Crippen LogP contribution in [0.1, 0.15) is 26.7 Å². The van der Waals surface area contributed by atoms with Crippen molar-refractivity contribution in [1.82, 2.24) is 0 Å². The van der Waals surface area contributed by atoms with Gasteiger partial charge in [-0.05, 0) is 12.8 Å². The van der Waals surface area contributed by atoms with Gasteiger partial charge in [-0.15, -0.1) is 0 Å². The Labute approximate surface area is 130 Å². The third-order valence-corrected chi connectivity index (χ3v) is 4.21. The molecule has 0 radical (unpaired) electrons. The van der Waals surface area contributed by atoms with Crippen LogP contribution >= 0.6 is 31.9 Å². The van der Waals surface area contributed by atoms with Crippen LogP contribution in [0, 0.1) is 0 Å². The Kier molecular flexibility index (Phi) is 11.6. The largest absolute Gasteiger partial charge is 0.462 e. The molecule has 0 aromatic carbocycles. The van der Waals surface area contributed by atoms with E-state index in [0.717, 1.165) is 0 Å². The van der Waals surface area contributed by atoms with E-state index in [1.54, 1.807) is 0 Å². The third kappa shape index (κ3) is 9.40. The first kappa shape index (κ1) is 18.9. The molecule has 0 bridgehead atoms. The topological polar surface area (TPSA) is 61.8 Å². The van der Waals surface area contributed by atoms with Crippen molar-refractivity contribution in [2.45, 2.75) is 36.3 Å². The maximum Gasteiger partial charge on any atom is 0.319 e. The zero-order chi connectivity index (χ0) is 14.7. The number of halogens is 2. The highest BCUT2D eigenvalue weighted by molar-refractivity contribution is 9.10. The number of esters is 2. The molecule has 0 aliphatic rings. The Hall–Kier alpha value is -0.140. The summed E-state index contributed by atoms with van der Waals surface area (Å²) in [6.07, 6.45) is 1.36. The maximum atomic E-state index is 11.3. The predicted molar refractivity (Wildman–Crippen MR) is 78.7 cm³/mol. The van der Waals surface area contributed by atoms with Crippen molar-refractivity contribution < 1.29 is 23.8 Å². The van der Waals surface area contributed by atoms with Crippen LogP contribution in [0.5, 0.6) is 0 Å². The van der Waals surface area contributed by atoms with Gasteiger partial charge in [0.05, 0.1) is 13.2 Å². The van der Waals surface area contributed by atoms with Gasteiger partial charge >= 0.3 is 11.9 Å². The number of hydrogen-bond acceptors (Lipinski definition) is 5. The summed E-state index contributed by atoms with van der Waals surface area (Å²) in [5.74, 6) is -0.579. The summed E-state index contributed by atoms with van der Waals surface area (Å²) < 4.78 is 15.1. The second-order valence-corrected chi connectivity index (χ2v) is 5.91. The van der Waals surface area contributed by atoms with E-state index < -0.39 is 0 Å². The lowest BCUT2D eigenvalue weighted by atomic mass is 10.3. The van der Waals surface area contributed by atoms with E-state index in [0.29, 0.717) is 12.8 Å². The average molecular weight is 404 g/mol. The third-order valence-electron chi connectivity index (χ3n) is 2.17. The number of hydrogen-bond donors (Lipinski definition) is 0. The zero-order valence-electron chi connectivity index (χ0n) is 11.2. The Morgan fingerprint density at radius 1 is 0.842 bits per heavy atom. The number of alkyl halides is 2. The number of carbonyl (C=O) groups excluding carboxylic acids is 2. The van der Waals surface area contributed by atoms with Crippen LogP contribution in [0.4, 0.5) is 0 Å².